The highest BCUT2D eigenvalue weighted by Crippen LogP contribution is 2.45. The molecule has 0 aliphatic carbocycles. The van der Waals surface area contributed by atoms with Gasteiger partial charge in [0.05, 0.1) is 0 Å². The van der Waals surface area contributed by atoms with Gasteiger partial charge in [-0.1, -0.05) is 18.5 Å². The molecule has 104 valence electrons. The number of rotatable bonds is 1. The molecule has 4 heteroatoms. The van der Waals surface area contributed by atoms with Crippen LogP contribution in [0.4, 0.5) is 0 Å². The maximum atomic E-state index is 6.42. The van der Waals surface area contributed by atoms with Crippen LogP contribution >= 0.6 is 11.6 Å². The first kappa shape index (κ1) is 13.2. The van der Waals surface area contributed by atoms with Crippen LogP contribution in [0, 0.1) is 5.92 Å². The molecule has 1 aromatic rings. The number of piperidine rings is 1. The zero-order valence-electron chi connectivity index (χ0n) is 11.5. The molecule has 2 N–H and O–H groups in total. The zero-order valence-corrected chi connectivity index (χ0v) is 12.3. The molecule has 3 rings (SSSR count). The quantitative estimate of drug-likeness (QED) is 0.830. The number of nitrogens with one attached hydrogen (secondary N) is 2. The average molecular weight is 281 g/mol. The van der Waals surface area contributed by atoms with Crippen molar-refractivity contribution >= 4 is 11.6 Å². The fraction of sp³-hybridized carbons (Fsp3) is 0.600. The Hall–Kier alpha value is -0.770. The van der Waals surface area contributed by atoms with Crippen LogP contribution in [0.5, 0.6) is 5.75 Å². The Morgan fingerprint density at radius 2 is 2.32 bits per heavy atom. The first-order chi connectivity index (χ1) is 9.14. The van der Waals surface area contributed by atoms with Crippen molar-refractivity contribution in [3.8, 4) is 5.75 Å². The summed E-state index contributed by atoms with van der Waals surface area (Å²) >= 11 is 6.11. The summed E-state index contributed by atoms with van der Waals surface area (Å²) in [6.07, 6.45) is 2.08. The summed E-state index contributed by atoms with van der Waals surface area (Å²) < 4.78 is 6.42. The van der Waals surface area contributed by atoms with Crippen LogP contribution in [0.15, 0.2) is 18.2 Å². The number of halogens is 1. The Kier molecular flexibility index (Phi) is 3.46. The van der Waals surface area contributed by atoms with Crippen molar-refractivity contribution in [1.29, 1.82) is 0 Å². The Balaban J connectivity index is 1.99. The van der Waals surface area contributed by atoms with E-state index in [9.17, 15) is 0 Å². The van der Waals surface area contributed by atoms with Crippen LogP contribution in [0.2, 0.25) is 5.02 Å². The summed E-state index contributed by atoms with van der Waals surface area (Å²) in [6.45, 7) is 4.34. The smallest absolute Gasteiger partial charge is 0.125 e. The van der Waals surface area contributed by atoms with E-state index in [2.05, 4.69) is 17.6 Å². The second-order valence-corrected chi connectivity index (χ2v) is 6.19. The molecule has 2 heterocycles. The number of hydrogen-bond acceptors (Lipinski definition) is 3. The summed E-state index contributed by atoms with van der Waals surface area (Å²) in [5, 5.41) is 7.65. The van der Waals surface area contributed by atoms with E-state index in [1.807, 2.05) is 25.2 Å². The van der Waals surface area contributed by atoms with Crippen LogP contribution in [-0.4, -0.2) is 25.7 Å². The van der Waals surface area contributed by atoms with Crippen molar-refractivity contribution in [1.82, 2.24) is 10.6 Å². The van der Waals surface area contributed by atoms with E-state index in [1.54, 1.807) is 0 Å². The minimum Gasteiger partial charge on any atom is -0.486 e. The summed E-state index contributed by atoms with van der Waals surface area (Å²) in [7, 11) is 2.01. The second-order valence-electron chi connectivity index (χ2n) is 5.75. The monoisotopic (exact) mass is 280 g/mol. The SMILES string of the molecule is CNC1CC2(CCNCC2C)Oc2ccc(Cl)cc21. The third-order valence-electron chi connectivity index (χ3n) is 4.63. The van der Waals surface area contributed by atoms with E-state index >= 15 is 0 Å². The molecule has 2 aliphatic rings. The van der Waals surface area contributed by atoms with Crippen molar-refractivity contribution < 1.29 is 4.74 Å². The molecule has 1 saturated heterocycles. The van der Waals surface area contributed by atoms with Crippen molar-refractivity contribution in [2.45, 2.75) is 31.4 Å². The molecule has 0 bridgehead atoms. The van der Waals surface area contributed by atoms with Gasteiger partial charge in [-0.05, 0) is 38.2 Å². The molecule has 0 saturated carbocycles. The highest BCUT2D eigenvalue weighted by Gasteiger charge is 2.45. The van der Waals surface area contributed by atoms with Gasteiger partial charge < -0.3 is 15.4 Å². The fourth-order valence-corrected chi connectivity index (χ4v) is 3.54. The van der Waals surface area contributed by atoms with Gasteiger partial charge in [-0.3, -0.25) is 0 Å². The third kappa shape index (κ3) is 2.24. The topological polar surface area (TPSA) is 33.3 Å². The Labute approximate surface area is 119 Å². The Morgan fingerprint density at radius 1 is 1.47 bits per heavy atom. The van der Waals surface area contributed by atoms with Crippen LogP contribution in [0.3, 0.4) is 0 Å². The van der Waals surface area contributed by atoms with Gasteiger partial charge in [0.2, 0.25) is 0 Å². The van der Waals surface area contributed by atoms with Crippen LogP contribution in [0.1, 0.15) is 31.4 Å². The highest BCUT2D eigenvalue weighted by molar-refractivity contribution is 6.30. The van der Waals surface area contributed by atoms with Gasteiger partial charge in [-0.25, -0.2) is 0 Å². The van der Waals surface area contributed by atoms with Crippen molar-refractivity contribution in [2.24, 2.45) is 5.92 Å². The number of fused-ring (bicyclic) bond motifs is 1. The van der Waals surface area contributed by atoms with Gasteiger partial charge in [0.15, 0.2) is 0 Å². The van der Waals surface area contributed by atoms with E-state index in [0.717, 1.165) is 36.7 Å². The fourth-order valence-electron chi connectivity index (χ4n) is 3.36. The third-order valence-corrected chi connectivity index (χ3v) is 4.87. The standard InChI is InChI=1S/C15H21ClN2O/c1-10-9-18-6-5-15(10)8-13(17-2)12-7-11(16)3-4-14(12)19-15/h3-4,7,10,13,17-18H,5-6,8-9H2,1-2H3. The molecule has 1 aromatic carbocycles. The molecular weight excluding hydrogens is 260 g/mol. The molecular formula is C15H21ClN2O. The molecule has 1 spiro atoms. The zero-order chi connectivity index (χ0) is 13.5. The van der Waals surface area contributed by atoms with Crippen molar-refractivity contribution in [3.05, 3.63) is 28.8 Å². The van der Waals surface area contributed by atoms with E-state index < -0.39 is 0 Å². The van der Waals surface area contributed by atoms with Crippen LogP contribution in [0.25, 0.3) is 0 Å². The van der Waals surface area contributed by atoms with Crippen LogP contribution in [-0.2, 0) is 0 Å². The van der Waals surface area contributed by atoms with Crippen molar-refractivity contribution in [3.63, 3.8) is 0 Å². The maximum Gasteiger partial charge on any atom is 0.125 e. The lowest BCUT2D eigenvalue weighted by Crippen LogP contribution is -2.56. The average Bonchev–Trinajstić information content (AvgIpc) is 2.42. The van der Waals surface area contributed by atoms with E-state index in [4.69, 9.17) is 16.3 Å². The summed E-state index contributed by atoms with van der Waals surface area (Å²) in [5.41, 5.74) is 1.14. The number of hydrogen-bond donors (Lipinski definition) is 2. The first-order valence-electron chi connectivity index (χ1n) is 7.01. The lowest BCUT2D eigenvalue weighted by molar-refractivity contribution is -0.0366. The highest BCUT2D eigenvalue weighted by atomic mass is 35.5. The predicted molar refractivity (Wildman–Crippen MR) is 77.9 cm³/mol. The normalized spacial score (nSPS) is 33.8. The summed E-state index contributed by atoms with van der Waals surface area (Å²) in [5.74, 6) is 1.50. The van der Waals surface area contributed by atoms with Crippen LogP contribution < -0.4 is 15.4 Å². The molecule has 3 unspecified atom stereocenters. The molecule has 3 atom stereocenters. The lowest BCUT2D eigenvalue weighted by Gasteiger charge is -2.48. The van der Waals surface area contributed by atoms with Gasteiger partial charge in [-0.15, -0.1) is 0 Å². The molecule has 0 aromatic heterocycles. The Bertz CT molecular complexity index is 479. The largest absolute Gasteiger partial charge is 0.486 e. The second kappa shape index (κ2) is 4.97. The van der Waals surface area contributed by atoms with Gasteiger partial charge in [0.25, 0.3) is 0 Å². The molecule has 2 aliphatic heterocycles. The molecule has 0 amide bonds. The van der Waals surface area contributed by atoms with E-state index in [0.29, 0.717) is 12.0 Å². The maximum absolute atomic E-state index is 6.42. The van der Waals surface area contributed by atoms with E-state index in [-0.39, 0.29) is 5.60 Å². The summed E-state index contributed by atoms with van der Waals surface area (Å²) in [4.78, 5) is 0. The van der Waals surface area contributed by atoms with E-state index in [1.165, 1.54) is 5.56 Å². The minimum atomic E-state index is -0.0419. The van der Waals surface area contributed by atoms with Gasteiger partial charge >= 0.3 is 0 Å². The Morgan fingerprint density at radius 3 is 3.05 bits per heavy atom. The molecule has 1 fully saturated rings. The first-order valence-corrected chi connectivity index (χ1v) is 7.39. The van der Waals surface area contributed by atoms with Gasteiger partial charge in [-0.2, -0.15) is 0 Å². The number of ether oxygens (including phenoxy) is 1. The lowest BCUT2D eigenvalue weighted by atomic mass is 9.75. The predicted octanol–water partition coefficient (Wildman–Crippen LogP) is 2.75. The van der Waals surface area contributed by atoms with Gasteiger partial charge in [0.1, 0.15) is 11.4 Å². The minimum absolute atomic E-state index is 0.0419. The number of benzene rings is 1. The molecule has 19 heavy (non-hydrogen) atoms. The van der Waals surface area contributed by atoms with Gasteiger partial charge in [0, 0.05) is 35.5 Å². The molecule has 0 radical (unpaired) electrons. The molecule has 3 nitrogen and oxygen atoms in total. The van der Waals surface area contributed by atoms with Crippen molar-refractivity contribution in [2.75, 3.05) is 20.1 Å². The summed E-state index contributed by atoms with van der Waals surface area (Å²) in [6, 6.07) is 6.27.